The lowest BCUT2D eigenvalue weighted by atomic mass is 10.1. The van der Waals surface area contributed by atoms with E-state index in [1.54, 1.807) is 19.1 Å². The van der Waals surface area contributed by atoms with E-state index in [1.165, 1.54) is 0 Å². The summed E-state index contributed by atoms with van der Waals surface area (Å²) in [5, 5.41) is 6.00. The van der Waals surface area contributed by atoms with E-state index in [0.717, 1.165) is 16.9 Å². The summed E-state index contributed by atoms with van der Waals surface area (Å²) in [4.78, 5) is 22.9. The molecule has 25 heavy (non-hydrogen) atoms. The van der Waals surface area contributed by atoms with Crippen molar-refractivity contribution < 1.29 is 14.3 Å². The number of ketones is 1. The van der Waals surface area contributed by atoms with Gasteiger partial charge in [0.15, 0.2) is 5.78 Å². The highest BCUT2D eigenvalue weighted by Gasteiger charge is 2.15. The second-order valence-corrected chi connectivity index (χ2v) is 6.81. The molecule has 2 aromatic carbocycles. The van der Waals surface area contributed by atoms with Crippen LogP contribution in [0.2, 0.25) is 0 Å². The van der Waals surface area contributed by atoms with E-state index in [1.807, 2.05) is 57.2 Å². The zero-order chi connectivity index (χ0) is 18.4. The van der Waals surface area contributed by atoms with Gasteiger partial charge in [0.05, 0.1) is 0 Å². The first-order chi connectivity index (χ1) is 11.7. The van der Waals surface area contributed by atoms with Crippen molar-refractivity contribution in [3.05, 3.63) is 59.7 Å². The molecule has 2 N–H and O–H groups in total. The molecule has 5 nitrogen and oxygen atoms in total. The predicted octanol–water partition coefficient (Wildman–Crippen LogP) is 4.66. The number of nitrogens with one attached hydrogen (secondary N) is 2. The maximum absolute atomic E-state index is 11.6. The fourth-order valence-corrected chi connectivity index (χ4v) is 2.15. The molecule has 1 amide bonds. The maximum atomic E-state index is 11.6. The Morgan fingerprint density at radius 2 is 1.44 bits per heavy atom. The van der Waals surface area contributed by atoms with E-state index < -0.39 is 11.7 Å². The number of carbonyl (C=O) groups excluding carboxylic acids is 2. The maximum Gasteiger partial charge on any atom is 0.407 e. The molecule has 0 spiro atoms. The van der Waals surface area contributed by atoms with Crippen molar-refractivity contribution >= 4 is 23.3 Å². The summed E-state index contributed by atoms with van der Waals surface area (Å²) >= 11 is 0. The summed E-state index contributed by atoms with van der Waals surface area (Å²) in [6, 6.07) is 15.1. The first kappa shape index (κ1) is 18.5. The van der Waals surface area contributed by atoms with Gasteiger partial charge in [-0.25, -0.2) is 4.79 Å². The molecule has 2 aromatic rings. The minimum absolute atomic E-state index is 0.0494. The first-order valence-corrected chi connectivity index (χ1v) is 8.17. The zero-order valence-electron chi connectivity index (χ0n) is 15.1. The first-order valence-electron chi connectivity index (χ1n) is 8.17. The van der Waals surface area contributed by atoms with Crippen LogP contribution in [0.1, 0.15) is 43.6 Å². The average Bonchev–Trinajstić information content (AvgIpc) is 2.53. The summed E-state index contributed by atoms with van der Waals surface area (Å²) in [6.07, 6.45) is -0.430. The van der Waals surface area contributed by atoms with E-state index in [9.17, 15) is 9.59 Å². The highest BCUT2D eigenvalue weighted by atomic mass is 16.6. The fraction of sp³-hybridized carbons (Fsp3) is 0.300. The van der Waals surface area contributed by atoms with Crippen LogP contribution in [0.5, 0.6) is 0 Å². The molecule has 132 valence electrons. The van der Waals surface area contributed by atoms with Crippen molar-refractivity contribution in [2.75, 3.05) is 5.32 Å². The van der Waals surface area contributed by atoms with Crippen LogP contribution >= 0.6 is 0 Å². The number of rotatable bonds is 5. The van der Waals surface area contributed by atoms with Crippen LogP contribution in [0.15, 0.2) is 48.5 Å². The van der Waals surface area contributed by atoms with Crippen molar-refractivity contribution in [3.63, 3.8) is 0 Å². The third kappa shape index (κ3) is 6.30. The normalized spacial score (nSPS) is 10.9. The molecule has 0 heterocycles. The van der Waals surface area contributed by atoms with Gasteiger partial charge in [-0.1, -0.05) is 12.1 Å². The van der Waals surface area contributed by atoms with E-state index in [0.29, 0.717) is 12.1 Å². The predicted molar refractivity (Wildman–Crippen MR) is 99.2 cm³/mol. The van der Waals surface area contributed by atoms with Crippen LogP contribution in [-0.2, 0) is 11.3 Å². The summed E-state index contributed by atoms with van der Waals surface area (Å²) in [5.41, 5.74) is 2.99. The number of hydrogen-bond donors (Lipinski definition) is 2. The summed E-state index contributed by atoms with van der Waals surface area (Å²) in [7, 11) is 0. The van der Waals surface area contributed by atoms with Gasteiger partial charge in [-0.2, -0.15) is 0 Å². The molecule has 0 unspecified atom stereocenters. The minimum Gasteiger partial charge on any atom is -0.444 e. The Hall–Kier alpha value is -2.82. The van der Waals surface area contributed by atoms with Crippen molar-refractivity contribution in [2.24, 2.45) is 0 Å². The SMILES string of the molecule is CC(=O)c1ccc(Nc2ccc(CNC(=O)OC(C)(C)C)cc2)cc1. The standard InChI is InChI=1S/C20H24N2O3/c1-14(23)16-7-11-18(12-8-16)22-17-9-5-15(6-10-17)13-21-19(24)25-20(2,3)4/h5-12,22H,13H2,1-4H3,(H,21,24). The Labute approximate surface area is 148 Å². The van der Waals surface area contributed by atoms with Crippen molar-refractivity contribution in [1.82, 2.24) is 5.32 Å². The van der Waals surface area contributed by atoms with Crippen LogP contribution in [0.25, 0.3) is 0 Å². The second-order valence-electron chi connectivity index (χ2n) is 6.81. The van der Waals surface area contributed by atoms with Gasteiger partial charge < -0.3 is 15.4 Å². The zero-order valence-corrected chi connectivity index (χ0v) is 15.1. The topological polar surface area (TPSA) is 67.4 Å². The lowest BCUT2D eigenvalue weighted by Crippen LogP contribution is -2.32. The largest absolute Gasteiger partial charge is 0.444 e. The van der Waals surface area contributed by atoms with Crippen molar-refractivity contribution in [2.45, 2.75) is 39.8 Å². The monoisotopic (exact) mass is 340 g/mol. The van der Waals surface area contributed by atoms with Crippen LogP contribution in [0.3, 0.4) is 0 Å². The van der Waals surface area contributed by atoms with E-state index >= 15 is 0 Å². The van der Waals surface area contributed by atoms with Crippen LogP contribution in [0.4, 0.5) is 16.2 Å². The Kier molecular flexibility index (Phi) is 5.80. The van der Waals surface area contributed by atoms with E-state index in [2.05, 4.69) is 10.6 Å². The summed E-state index contributed by atoms with van der Waals surface area (Å²) < 4.78 is 5.20. The molecular weight excluding hydrogens is 316 g/mol. The number of benzene rings is 2. The molecule has 0 aromatic heterocycles. The summed E-state index contributed by atoms with van der Waals surface area (Å²) in [5.74, 6) is 0.0494. The van der Waals surface area contributed by atoms with Crippen LogP contribution in [0, 0.1) is 0 Å². The van der Waals surface area contributed by atoms with Crippen LogP contribution in [-0.4, -0.2) is 17.5 Å². The molecule has 0 saturated heterocycles. The third-order valence-corrected chi connectivity index (χ3v) is 3.37. The number of hydrogen-bond acceptors (Lipinski definition) is 4. The Morgan fingerprint density at radius 3 is 1.92 bits per heavy atom. The molecule has 0 fully saturated rings. The summed E-state index contributed by atoms with van der Waals surface area (Å²) in [6.45, 7) is 7.44. The van der Waals surface area contributed by atoms with E-state index in [4.69, 9.17) is 4.74 Å². The van der Waals surface area contributed by atoms with Gasteiger partial charge in [0.1, 0.15) is 5.60 Å². The smallest absolute Gasteiger partial charge is 0.407 e. The number of anilines is 2. The molecular formula is C20H24N2O3. The molecule has 0 aliphatic rings. The molecule has 0 bridgehead atoms. The molecule has 5 heteroatoms. The average molecular weight is 340 g/mol. The van der Waals surface area contributed by atoms with Crippen molar-refractivity contribution in [1.29, 1.82) is 0 Å². The van der Waals surface area contributed by atoms with Gasteiger partial charge in [0.25, 0.3) is 0 Å². The highest BCUT2D eigenvalue weighted by molar-refractivity contribution is 5.94. The lowest BCUT2D eigenvalue weighted by molar-refractivity contribution is 0.0523. The van der Waals surface area contributed by atoms with Gasteiger partial charge in [-0.3, -0.25) is 4.79 Å². The number of alkyl carbamates (subject to hydrolysis) is 1. The van der Waals surface area contributed by atoms with Gasteiger partial charge in [-0.05, 0) is 69.7 Å². The number of Topliss-reactive ketones (excluding diaryl/α,β-unsaturated/α-hetero) is 1. The molecule has 0 aliphatic carbocycles. The molecule has 0 radical (unpaired) electrons. The highest BCUT2D eigenvalue weighted by Crippen LogP contribution is 2.18. The number of carbonyl (C=O) groups is 2. The van der Waals surface area contributed by atoms with Crippen molar-refractivity contribution in [3.8, 4) is 0 Å². The van der Waals surface area contributed by atoms with E-state index in [-0.39, 0.29) is 5.78 Å². The second kappa shape index (κ2) is 7.83. The van der Waals surface area contributed by atoms with Gasteiger partial charge in [0.2, 0.25) is 0 Å². The fourth-order valence-electron chi connectivity index (χ4n) is 2.15. The Bertz CT molecular complexity index is 729. The van der Waals surface area contributed by atoms with Gasteiger partial charge in [-0.15, -0.1) is 0 Å². The number of ether oxygens (including phenoxy) is 1. The molecule has 0 atom stereocenters. The molecule has 0 saturated carbocycles. The number of amides is 1. The van der Waals surface area contributed by atoms with Gasteiger partial charge in [0, 0.05) is 23.5 Å². The molecule has 2 rings (SSSR count). The Balaban J connectivity index is 1.89. The van der Waals surface area contributed by atoms with Crippen LogP contribution < -0.4 is 10.6 Å². The van der Waals surface area contributed by atoms with Gasteiger partial charge >= 0.3 is 6.09 Å². The quantitative estimate of drug-likeness (QED) is 0.777. The lowest BCUT2D eigenvalue weighted by Gasteiger charge is -2.19. The minimum atomic E-state index is -0.504. The third-order valence-electron chi connectivity index (χ3n) is 3.37. The Morgan fingerprint density at radius 1 is 0.920 bits per heavy atom. The molecule has 0 aliphatic heterocycles.